The Hall–Kier alpha value is -1.12. The summed E-state index contributed by atoms with van der Waals surface area (Å²) in [6.07, 6.45) is 4.07. The van der Waals surface area contributed by atoms with E-state index < -0.39 is 14.2 Å². The van der Waals surface area contributed by atoms with Crippen molar-refractivity contribution in [3.8, 4) is 0 Å². The van der Waals surface area contributed by atoms with Crippen molar-refractivity contribution in [1.82, 2.24) is 0 Å². The molecule has 18 heavy (non-hydrogen) atoms. The second kappa shape index (κ2) is 6.71. The van der Waals surface area contributed by atoms with Crippen LogP contribution in [0.15, 0.2) is 48.6 Å². The summed E-state index contributed by atoms with van der Waals surface area (Å²) in [6.45, 7) is 11.0. The van der Waals surface area contributed by atoms with Gasteiger partial charge in [-0.1, -0.05) is 67.7 Å². The van der Waals surface area contributed by atoms with Gasteiger partial charge in [0.25, 0.3) is 0 Å². The van der Waals surface area contributed by atoms with E-state index in [2.05, 4.69) is 26.2 Å². The average molecular weight is 260 g/mol. The van der Waals surface area contributed by atoms with E-state index in [1.807, 2.05) is 42.5 Å². The maximum absolute atomic E-state index is 9.95. The second-order valence-electron chi connectivity index (χ2n) is 6.03. The summed E-state index contributed by atoms with van der Waals surface area (Å²) in [5.74, 6) is 0. The molecule has 1 aromatic carbocycles. The molecule has 1 unspecified atom stereocenters. The van der Waals surface area contributed by atoms with Gasteiger partial charge in [-0.05, 0) is 18.0 Å². The predicted molar refractivity (Wildman–Crippen MR) is 83.4 cm³/mol. The Bertz CT molecular complexity index is 401. The van der Waals surface area contributed by atoms with E-state index in [1.165, 1.54) is 5.57 Å². The van der Waals surface area contributed by atoms with Gasteiger partial charge in [0.1, 0.15) is 0 Å². The minimum atomic E-state index is -1.11. The van der Waals surface area contributed by atoms with Crippen molar-refractivity contribution < 1.29 is 5.11 Å². The van der Waals surface area contributed by atoms with Crippen molar-refractivity contribution in [3.63, 3.8) is 0 Å². The van der Waals surface area contributed by atoms with E-state index in [-0.39, 0.29) is 0 Å². The molecule has 0 spiro atoms. The van der Waals surface area contributed by atoms with Gasteiger partial charge < -0.3 is 5.11 Å². The van der Waals surface area contributed by atoms with Crippen LogP contribution >= 0.6 is 0 Å². The number of aliphatic hydroxyl groups is 1. The van der Waals surface area contributed by atoms with E-state index in [0.717, 1.165) is 11.6 Å². The van der Waals surface area contributed by atoms with Crippen molar-refractivity contribution in [2.24, 2.45) is 0 Å². The third kappa shape index (κ3) is 6.57. The van der Waals surface area contributed by atoms with Crippen LogP contribution in [0.2, 0.25) is 25.7 Å². The highest BCUT2D eigenvalue weighted by Gasteiger charge is 2.15. The van der Waals surface area contributed by atoms with E-state index in [4.69, 9.17) is 0 Å². The molecule has 0 radical (unpaired) electrons. The highest BCUT2D eigenvalue weighted by atomic mass is 28.3. The molecule has 0 amide bonds. The third-order valence-electron chi connectivity index (χ3n) is 2.59. The summed E-state index contributed by atoms with van der Waals surface area (Å²) in [6, 6.07) is 11.1. The van der Waals surface area contributed by atoms with Crippen molar-refractivity contribution in [2.75, 3.05) is 0 Å². The molecule has 2 heteroatoms. The van der Waals surface area contributed by atoms with Crippen molar-refractivity contribution in [2.45, 2.75) is 38.2 Å². The quantitative estimate of drug-likeness (QED) is 0.595. The minimum Gasteiger partial charge on any atom is -0.389 e. The lowest BCUT2D eigenvalue weighted by Gasteiger charge is -2.18. The number of rotatable bonds is 6. The van der Waals surface area contributed by atoms with Gasteiger partial charge in [-0.15, -0.1) is 6.58 Å². The summed E-state index contributed by atoms with van der Waals surface area (Å²) >= 11 is 0. The van der Waals surface area contributed by atoms with Crippen LogP contribution in [0.1, 0.15) is 12.0 Å². The Morgan fingerprint density at radius 3 is 2.44 bits per heavy atom. The number of benzene rings is 1. The molecule has 0 aliphatic carbocycles. The molecule has 98 valence electrons. The first-order chi connectivity index (χ1) is 8.37. The Kier molecular flexibility index (Phi) is 5.57. The maximum atomic E-state index is 9.95. The van der Waals surface area contributed by atoms with Crippen LogP contribution in [-0.4, -0.2) is 19.3 Å². The van der Waals surface area contributed by atoms with Gasteiger partial charge in [0.2, 0.25) is 0 Å². The highest BCUT2D eigenvalue weighted by Crippen LogP contribution is 2.19. The fraction of sp³-hybridized carbons (Fsp3) is 0.375. The smallest absolute Gasteiger partial charge is 0.0761 e. The average Bonchev–Trinajstić information content (AvgIpc) is 2.25. The third-order valence-corrected chi connectivity index (χ3v) is 4.15. The first-order valence-corrected chi connectivity index (χ1v) is 10.2. The summed E-state index contributed by atoms with van der Waals surface area (Å²) in [7, 11) is -1.11. The molecular formula is C16H24OSi. The van der Waals surface area contributed by atoms with E-state index >= 15 is 0 Å². The molecule has 1 atom stereocenters. The van der Waals surface area contributed by atoms with Crippen LogP contribution in [0.3, 0.4) is 0 Å². The summed E-state index contributed by atoms with van der Waals surface area (Å²) in [5.41, 5.74) is 2.28. The van der Waals surface area contributed by atoms with Crippen LogP contribution in [0.25, 0.3) is 6.08 Å². The molecule has 1 nitrogen and oxygen atoms in total. The maximum Gasteiger partial charge on any atom is 0.0761 e. The summed E-state index contributed by atoms with van der Waals surface area (Å²) in [5, 5.41) is 9.95. The molecule has 0 heterocycles. The summed E-state index contributed by atoms with van der Waals surface area (Å²) < 4.78 is 0. The van der Waals surface area contributed by atoms with Crippen LogP contribution < -0.4 is 0 Å². The number of aliphatic hydroxyl groups excluding tert-OH is 1. The van der Waals surface area contributed by atoms with Crippen LogP contribution in [0.5, 0.6) is 0 Å². The molecule has 0 aliphatic heterocycles. The van der Waals surface area contributed by atoms with Crippen LogP contribution in [0, 0.1) is 0 Å². The minimum absolute atomic E-state index is 0.422. The van der Waals surface area contributed by atoms with Crippen LogP contribution in [0.4, 0.5) is 0 Å². The first-order valence-electron chi connectivity index (χ1n) is 6.45. The van der Waals surface area contributed by atoms with Gasteiger partial charge in [-0.25, -0.2) is 0 Å². The molecule has 0 saturated heterocycles. The molecule has 0 aliphatic rings. The standard InChI is InChI=1S/C16H24OSi/c1-14(13-18(2,3)4)12-16(17)11-10-15-8-6-5-7-9-15/h5-11,16-17H,1,12-13H2,2-4H3/b11-10+. The Morgan fingerprint density at radius 2 is 1.89 bits per heavy atom. The molecule has 0 fully saturated rings. The normalized spacial score (nSPS) is 13.8. The Labute approximate surface area is 112 Å². The molecular weight excluding hydrogens is 236 g/mol. The van der Waals surface area contributed by atoms with Crippen LogP contribution in [-0.2, 0) is 0 Å². The van der Waals surface area contributed by atoms with Crippen molar-refractivity contribution in [1.29, 1.82) is 0 Å². The van der Waals surface area contributed by atoms with E-state index in [1.54, 1.807) is 0 Å². The van der Waals surface area contributed by atoms with Gasteiger partial charge in [0, 0.05) is 8.07 Å². The van der Waals surface area contributed by atoms with Crippen molar-refractivity contribution >= 4 is 14.1 Å². The fourth-order valence-corrected chi connectivity index (χ4v) is 3.62. The first kappa shape index (κ1) is 14.9. The molecule has 0 saturated carbocycles. The number of hydrogen-bond acceptors (Lipinski definition) is 1. The lowest BCUT2D eigenvalue weighted by atomic mass is 10.1. The molecule has 0 bridgehead atoms. The van der Waals surface area contributed by atoms with Crippen molar-refractivity contribution in [3.05, 3.63) is 54.1 Å². The largest absolute Gasteiger partial charge is 0.389 e. The SMILES string of the molecule is C=C(CC(O)/C=C/c1ccccc1)C[Si](C)(C)C. The van der Waals surface area contributed by atoms with Gasteiger partial charge in [-0.2, -0.15) is 0 Å². The van der Waals surface area contributed by atoms with E-state index in [9.17, 15) is 5.11 Å². The van der Waals surface area contributed by atoms with Gasteiger partial charge >= 0.3 is 0 Å². The molecule has 0 aromatic heterocycles. The second-order valence-corrected chi connectivity index (χ2v) is 11.5. The zero-order chi connectivity index (χ0) is 13.6. The Balaban J connectivity index is 2.45. The zero-order valence-corrected chi connectivity index (χ0v) is 12.7. The zero-order valence-electron chi connectivity index (χ0n) is 11.7. The lowest BCUT2D eigenvalue weighted by molar-refractivity contribution is 0.224. The van der Waals surface area contributed by atoms with Gasteiger partial charge in [0.15, 0.2) is 0 Å². The topological polar surface area (TPSA) is 20.2 Å². The van der Waals surface area contributed by atoms with Gasteiger partial charge in [-0.3, -0.25) is 0 Å². The lowest BCUT2D eigenvalue weighted by Crippen LogP contribution is -2.20. The Morgan fingerprint density at radius 1 is 1.28 bits per heavy atom. The van der Waals surface area contributed by atoms with Gasteiger partial charge in [0.05, 0.1) is 6.10 Å². The molecule has 1 aromatic rings. The fourth-order valence-electron chi connectivity index (χ4n) is 1.97. The summed E-state index contributed by atoms with van der Waals surface area (Å²) in [4.78, 5) is 0. The molecule has 1 N–H and O–H groups in total. The monoisotopic (exact) mass is 260 g/mol. The number of hydrogen-bond donors (Lipinski definition) is 1. The van der Waals surface area contributed by atoms with E-state index in [0.29, 0.717) is 6.42 Å². The molecule has 1 rings (SSSR count). The highest BCUT2D eigenvalue weighted by molar-refractivity contribution is 6.76. The predicted octanol–water partition coefficient (Wildman–Crippen LogP) is 4.35.